The zero-order valence-electron chi connectivity index (χ0n) is 11.7. The molecule has 0 atom stereocenters. The summed E-state index contributed by atoms with van der Waals surface area (Å²) in [7, 11) is 0. The van der Waals surface area contributed by atoms with E-state index in [1.165, 1.54) is 11.8 Å². The molecule has 0 unspecified atom stereocenters. The van der Waals surface area contributed by atoms with Gasteiger partial charge in [-0.15, -0.1) is 21.5 Å². The third kappa shape index (κ3) is 3.17. The average molecular weight is 342 g/mol. The van der Waals surface area contributed by atoms with E-state index in [2.05, 4.69) is 20.2 Å². The summed E-state index contributed by atoms with van der Waals surface area (Å²) >= 11 is 3.02. The van der Waals surface area contributed by atoms with Crippen molar-refractivity contribution < 1.29 is 8.83 Å². The van der Waals surface area contributed by atoms with Crippen LogP contribution in [0.2, 0.25) is 0 Å². The van der Waals surface area contributed by atoms with Gasteiger partial charge in [-0.25, -0.2) is 4.98 Å². The lowest BCUT2D eigenvalue weighted by atomic mass is 10.3. The minimum atomic E-state index is 0.481. The molecule has 23 heavy (non-hydrogen) atoms. The zero-order chi connectivity index (χ0) is 15.5. The van der Waals surface area contributed by atoms with E-state index in [1.807, 2.05) is 29.6 Å². The van der Waals surface area contributed by atoms with E-state index in [0.29, 0.717) is 22.8 Å². The second kappa shape index (κ2) is 6.35. The van der Waals surface area contributed by atoms with Crippen molar-refractivity contribution >= 4 is 23.1 Å². The second-order valence-electron chi connectivity index (χ2n) is 4.52. The SMILES string of the molecule is c1csc(-c2nc(CSc3nnc(-c4ccncc4)o3)co2)c1. The molecule has 0 aliphatic rings. The number of pyridine rings is 1. The minimum Gasteiger partial charge on any atom is -0.444 e. The third-order valence-electron chi connectivity index (χ3n) is 2.96. The first-order valence-electron chi connectivity index (χ1n) is 6.73. The van der Waals surface area contributed by atoms with Gasteiger partial charge < -0.3 is 8.83 Å². The van der Waals surface area contributed by atoms with Gasteiger partial charge in [0.05, 0.1) is 10.6 Å². The van der Waals surface area contributed by atoms with Crippen molar-refractivity contribution in [1.29, 1.82) is 0 Å². The normalized spacial score (nSPS) is 11.0. The maximum atomic E-state index is 5.63. The van der Waals surface area contributed by atoms with E-state index in [1.54, 1.807) is 30.0 Å². The molecular weight excluding hydrogens is 332 g/mol. The Balaban J connectivity index is 1.43. The molecular formula is C15H10N4O2S2. The number of aromatic nitrogens is 4. The maximum Gasteiger partial charge on any atom is 0.277 e. The molecule has 4 aromatic rings. The molecule has 0 bridgehead atoms. The van der Waals surface area contributed by atoms with E-state index in [-0.39, 0.29) is 0 Å². The van der Waals surface area contributed by atoms with Crippen LogP contribution in [0.1, 0.15) is 5.69 Å². The number of hydrogen-bond donors (Lipinski definition) is 0. The average Bonchev–Trinajstić information content (AvgIpc) is 3.33. The Hall–Kier alpha value is -2.45. The summed E-state index contributed by atoms with van der Waals surface area (Å²) < 4.78 is 11.1. The summed E-state index contributed by atoms with van der Waals surface area (Å²) in [5, 5.41) is 10.6. The first-order chi connectivity index (χ1) is 11.4. The van der Waals surface area contributed by atoms with Gasteiger partial charge in [0.2, 0.25) is 11.8 Å². The van der Waals surface area contributed by atoms with Gasteiger partial charge in [0.15, 0.2) is 0 Å². The van der Waals surface area contributed by atoms with Crippen LogP contribution in [-0.4, -0.2) is 20.2 Å². The Bertz CT molecular complexity index is 887. The van der Waals surface area contributed by atoms with Crippen molar-refractivity contribution in [2.45, 2.75) is 11.0 Å². The van der Waals surface area contributed by atoms with Crippen LogP contribution in [0.4, 0.5) is 0 Å². The van der Waals surface area contributed by atoms with Crippen molar-refractivity contribution in [1.82, 2.24) is 20.2 Å². The Morgan fingerprint density at radius 2 is 2.00 bits per heavy atom. The standard InChI is InChI=1S/C15H10N4O2S2/c1-2-12(22-7-1)14-17-11(8-20-14)9-23-15-19-18-13(21-15)10-3-5-16-6-4-10/h1-8H,9H2. The number of hydrogen-bond acceptors (Lipinski definition) is 8. The molecule has 8 heteroatoms. The van der Waals surface area contributed by atoms with Gasteiger partial charge in [-0.05, 0) is 23.6 Å². The van der Waals surface area contributed by atoms with E-state index in [0.717, 1.165) is 16.1 Å². The first-order valence-corrected chi connectivity index (χ1v) is 8.60. The van der Waals surface area contributed by atoms with E-state index < -0.39 is 0 Å². The first kappa shape index (κ1) is 14.2. The monoisotopic (exact) mass is 342 g/mol. The predicted molar refractivity (Wildman–Crippen MR) is 86.9 cm³/mol. The van der Waals surface area contributed by atoms with E-state index >= 15 is 0 Å². The number of nitrogens with zero attached hydrogens (tertiary/aromatic N) is 4. The number of thiophene rings is 1. The summed E-state index contributed by atoms with van der Waals surface area (Å²) in [6.45, 7) is 0. The largest absolute Gasteiger partial charge is 0.444 e. The van der Waals surface area contributed by atoms with Crippen molar-refractivity contribution in [3.63, 3.8) is 0 Å². The fraction of sp³-hybridized carbons (Fsp3) is 0.0667. The van der Waals surface area contributed by atoms with E-state index in [9.17, 15) is 0 Å². The fourth-order valence-corrected chi connectivity index (χ4v) is 3.20. The third-order valence-corrected chi connectivity index (χ3v) is 4.67. The summed E-state index contributed by atoms with van der Waals surface area (Å²) in [5.41, 5.74) is 1.68. The van der Waals surface area contributed by atoms with Crippen molar-refractivity contribution in [3.8, 4) is 22.2 Å². The summed E-state index contributed by atoms with van der Waals surface area (Å²) in [6, 6.07) is 7.60. The Labute approximate surface area is 139 Å². The summed E-state index contributed by atoms with van der Waals surface area (Å²) in [6.07, 6.45) is 5.03. The Kier molecular flexibility index (Phi) is 3.91. The molecule has 4 aromatic heterocycles. The minimum absolute atomic E-state index is 0.481. The highest BCUT2D eigenvalue weighted by Crippen LogP contribution is 2.28. The molecule has 0 aliphatic heterocycles. The molecule has 0 fully saturated rings. The lowest BCUT2D eigenvalue weighted by Gasteiger charge is -1.92. The quantitative estimate of drug-likeness (QED) is 0.504. The van der Waals surface area contributed by atoms with E-state index in [4.69, 9.17) is 8.83 Å². The van der Waals surface area contributed by atoms with Gasteiger partial charge in [-0.3, -0.25) is 4.98 Å². The van der Waals surface area contributed by atoms with Crippen LogP contribution >= 0.6 is 23.1 Å². The molecule has 114 valence electrons. The van der Waals surface area contributed by atoms with Crippen LogP contribution in [0.25, 0.3) is 22.2 Å². The molecule has 4 rings (SSSR count). The van der Waals surface area contributed by atoms with Crippen molar-refractivity contribution in [3.05, 3.63) is 54.0 Å². The maximum absolute atomic E-state index is 5.63. The molecule has 0 N–H and O–H groups in total. The number of oxazole rings is 1. The molecule has 0 radical (unpaired) electrons. The molecule has 0 aromatic carbocycles. The highest BCUT2D eigenvalue weighted by Gasteiger charge is 2.12. The molecule has 0 spiro atoms. The topological polar surface area (TPSA) is 77.8 Å². The number of thioether (sulfide) groups is 1. The van der Waals surface area contributed by atoms with Gasteiger partial charge in [0, 0.05) is 23.7 Å². The van der Waals surface area contributed by atoms with Gasteiger partial charge in [-0.2, -0.15) is 0 Å². The van der Waals surface area contributed by atoms with Gasteiger partial charge in [0.25, 0.3) is 5.22 Å². The van der Waals surface area contributed by atoms with Gasteiger partial charge >= 0.3 is 0 Å². The van der Waals surface area contributed by atoms with Gasteiger partial charge in [0.1, 0.15) is 6.26 Å². The molecule has 0 saturated carbocycles. The van der Waals surface area contributed by atoms with Crippen LogP contribution in [0.15, 0.2) is 62.4 Å². The Morgan fingerprint density at radius 3 is 2.83 bits per heavy atom. The highest BCUT2D eigenvalue weighted by molar-refractivity contribution is 7.98. The predicted octanol–water partition coefficient (Wildman–Crippen LogP) is 4.14. The zero-order valence-corrected chi connectivity index (χ0v) is 13.4. The summed E-state index contributed by atoms with van der Waals surface area (Å²) in [4.78, 5) is 9.43. The van der Waals surface area contributed by atoms with Crippen molar-refractivity contribution in [2.24, 2.45) is 0 Å². The van der Waals surface area contributed by atoms with Crippen LogP contribution in [-0.2, 0) is 5.75 Å². The second-order valence-corrected chi connectivity index (χ2v) is 6.39. The number of rotatable bonds is 5. The lowest BCUT2D eigenvalue weighted by Crippen LogP contribution is -1.81. The Morgan fingerprint density at radius 1 is 1.09 bits per heavy atom. The molecule has 0 amide bonds. The molecule has 0 aliphatic carbocycles. The smallest absolute Gasteiger partial charge is 0.277 e. The molecule has 0 saturated heterocycles. The van der Waals surface area contributed by atoms with Crippen LogP contribution in [0, 0.1) is 0 Å². The lowest BCUT2D eigenvalue weighted by molar-refractivity contribution is 0.465. The van der Waals surface area contributed by atoms with Crippen LogP contribution in [0.3, 0.4) is 0 Å². The molecule has 6 nitrogen and oxygen atoms in total. The fourth-order valence-electron chi connectivity index (χ4n) is 1.90. The van der Waals surface area contributed by atoms with Crippen LogP contribution in [0.5, 0.6) is 0 Å². The van der Waals surface area contributed by atoms with Crippen molar-refractivity contribution in [2.75, 3.05) is 0 Å². The molecule has 4 heterocycles. The highest BCUT2D eigenvalue weighted by atomic mass is 32.2. The summed E-state index contributed by atoms with van der Waals surface area (Å²) in [5.74, 6) is 1.72. The van der Waals surface area contributed by atoms with Gasteiger partial charge in [-0.1, -0.05) is 17.8 Å². The van der Waals surface area contributed by atoms with Crippen LogP contribution < -0.4 is 0 Å².